The molecule has 0 fully saturated rings. The molecule has 0 N–H and O–H groups in total. The van der Waals surface area contributed by atoms with Crippen LogP contribution in [0.5, 0.6) is 0 Å². The number of hydrogen-bond acceptors (Lipinski definition) is 4. The van der Waals surface area contributed by atoms with Crippen molar-refractivity contribution in [1.29, 1.82) is 0 Å². The van der Waals surface area contributed by atoms with Gasteiger partial charge in [-0.2, -0.15) is 52.7 Å². The highest BCUT2D eigenvalue weighted by Crippen LogP contribution is 2.56. The van der Waals surface area contributed by atoms with Crippen molar-refractivity contribution in [1.82, 2.24) is 0 Å². The molecule has 1 rings (SSSR count). The summed E-state index contributed by atoms with van der Waals surface area (Å²) in [6.45, 7) is 7.01. The molecule has 0 aliphatic heterocycles. The minimum absolute atomic E-state index is 0.428. The van der Waals surface area contributed by atoms with Gasteiger partial charge in [0.05, 0.1) is 0 Å². The van der Waals surface area contributed by atoms with E-state index < -0.39 is 94.4 Å². The predicted molar refractivity (Wildman–Crippen MR) is 95.8 cm³/mol. The summed E-state index contributed by atoms with van der Waals surface area (Å²) in [6, 6.07) is -1.71. The summed E-state index contributed by atoms with van der Waals surface area (Å²) in [6.07, 6.45) is -26.0. The number of halogens is 12. The van der Waals surface area contributed by atoms with Gasteiger partial charge in [-0.25, -0.2) is 9.59 Å². The van der Waals surface area contributed by atoms with Crippen molar-refractivity contribution in [2.45, 2.75) is 49.8 Å². The van der Waals surface area contributed by atoms with Crippen LogP contribution in [-0.2, 0) is 30.3 Å². The summed E-state index contributed by atoms with van der Waals surface area (Å²) in [4.78, 5) is 23.2. The number of hydrogen-bond donors (Lipinski definition) is 0. The number of carbonyl (C=O) groups excluding carboxylic acids is 2. The second-order valence-corrected chi connectivity index (χ2v) is 7.27. The number of rotatable bonds is 6. The Hall–Kier alpha value is -3.20. The molecule has 0 amide bonds. The van der Waals surface area contributed by atoms with E-state index in [1.807, 2.05) is 0 Å². The highest BCUT2D eigenvalue weighted by molar-refractivity contribution is 5.88. The first kappa shape index (κ1) is 30.8. The molecule has 0 spiro atoms. The average molecular weight is 546 g/mol. The molecule has 0 bridgehead atoms. The van der Waals surface area contributed by atoms with E-state index in [0.717, 1.165) is 0 Å². The number of alkyl halides is 12. The van der Waals surface area contributed by atoms with Crippen LogP contribution in [0, 0.1) is 0 Å². The molecular weight excluding hydrogens is 532 g/mol. The van der Waals surface area contributed by atoms with Crippen molar-refractivity contribution >= 4 is 11.9 Å². The van der Waals surface area contributed by atoms with Crippen LogP contribution >= 0.6 is 0 Å². The van der Waals surface area contributed by atoms with Crippen LogP contribution in [0.2, 0.25) is 0 Å². The number of benzene rings is 1. The zero-order chi connectivity index (χ0) is 28.7. The predicted octanol–water partition coefficient (Wildman–Crippen LogP) is 6.57. The van der Waals surface area contributed by atoms with Gasteiger partial charge in [0.2, 0.25) is 0 Å². The molecule has 1 aromatic rings. The SMILES string of the molecule is C=C(C)C(=O)OC(c1ccc(C(OC(=O)C(=C)C)(C(F)(F)F)C(F)(F)F)cc1)(C(F)(F)F)C(F)(F)F. The van der Waals surface area contributed by atoms with Crippen LogP contribution in [-0.4, -0.2) is 36.6 Å². The van der Waals surface area contributed by atoms with Gasteiger partial charge in [-0.05, 0) is 13.8 Å². The van der Waals surface area contributed by atoms with E-state index >= 15 is 0 Å². The highest BCUT2D eigenvalue weighted by Gasteiger charge is 2.77. The Morgan fingerprint density at radius 1 is 0.556 bits per heavy atom. The second kappa shape index (κ2) is 9.35. The van der Waals surface area contributed by atoms with E-state index in [0.29, 0.717) is 13.8 Å². The first-order valence-electron chi connectivity index (χ1n) is 9.02. The summed E-state index contributed by atoms with van der Waals surface area (Å²) >= 11 is 0. The fraction of sp³-hybridized carbons (Fsp3) is 0.400. The van der Waals surface area contributed by atoms with Gasteiger partial charge >= 0.3 is 47.8 Å². The molecule has 36 heavy (non-hydrogen) atoms. The minimum atomic E-state index is -6.50. The molecule has 0 saturated carbocycles. The van der Waals surface area contributed by atoms with Crippen molar-refractivity contribution in [2.24, 2.45) is 0 Å². The van der Waals surface area contributed by atoms with Gasteiger partial charge in [0.1, 0.15) is 0 Å². The minimum Gasteiger partial charge on any atom is -0.431 e. The maximum atomic E-state index is 13.7. The van der Waals surface area contributed by atoms with Crippen LogP contribution in [0.15, 0.2) is 48.6 Å². The van der Waals surface area contributed by atoms with Gasteiger partial charge in [-0.3, -0.25) is 0 Å². The van der Waals surface area contributed by atoms with E-state index in [-0.39, 0.29) is 0 Å². The van der Waals surface area contributed by atoms with Gasteiger partial charge < -0.3 is 9.47 Å². The zero-order valence-corrected chi connectivity index (χ0v) is 17.9. The molecular formula is C20H14F12O4. The van der Waals surface area contributed by atoms with Gasteiger partial charge in [-0.1, -0.05) is 37.4 Å². The lowest BCUT2D eigenvalue weighted by Gasteiger charge is -2.38. The molecule has 1 aromatic carbocycles. The van der Waals surface area contributed by atoms with Crippen molar-refractivity contribution in [3.05, 3.63) is 59.7 Å². The second-order valence-electron chi connectivity index (χ2n) is 7.27. The maximum absolute atomic E-state index is 13.7. The number of esters is 2. The smallest absolute Gasteiger partial charge is 0.431 e. The Morgan fingerprint density at radius 2 is 0.750 bits per heavy atom. The molecule has 0 radical (unpaired) electrons. The van der Waals surface area contributed by atoms with Gasteiger partial charge in [0.25, 0.3) is 0 Å². The normalized spacial score (nSPS) is 13.7. The molecule has 0 unspecified atom stereocenters. The summed E-state index contributed by atoms with van der Waals surface area (Å²) < 4.78 is 172. The standard InChI is InChI=1S/C20H14F12O4/c1-9(2)13(33)35-15(17(21,22)23,18(24,25)26)11-5-7-12(8-6-11)16(19(27,28)29,20(30,31)32)36-14(34)10(3)4/h5-8H,1,3H2,2,4H3. The quantitative estimate of drug-likeness (QED) is 0.230. The Balaban J connectivity index is 4.02. The summed E-state index contributed by atoms with van der Waals surface area (Å²) in [7, 11) is 0. The Morgan fingerprint density at radius 3 is 0.889 bits per heavy atom. The first-order chi connectivity index (χ1) is 15.9. The molecule has 16 heteroatoms. The lowest BCUT2D eigenvalue weighted by atomic mass is 9.86. The highest BCUT2D eigenvalue weighted by atomic mass is 19.4. The third-order valence-electron chi connectivity index (χ3n) is 4.48. The Kier molecular flexibility index (Phi) is 8.01. The van der Waals surface area contributed by atoms with Crippen molar-refractivity contribution in [3.8, 4) is 0 Å². The largest absolute Gasteiger partial charge is 0.442 e. The van der Waals surface area contributed by atoms with Crippen molar-refractivity contribution in [3.63, 3.8) is 0 Å². The van der Waals surface area contributed by atoms with E-state index in [1.165, 1.54) is 0 Å². The molecule has 0 aliphatic carbocycles. The molecule has 202 valence electrons. The number of carbonyl (C=O) groups is 2. The van der Waals surface area contributed by atoms with Crippen LogP contribution < -0.4 is 0 Å². The summed E-state index contributed by atoms with van der Waals surface area (Å²) in [5.74, 6) is -4.44. The van der Waals surface area contributed by atoms with E-state index in [9.17, 15) is 62.3 Å². The van der Waals surface area contributed by atoms with Gasteiger partial charge in [0.15, 0.2) is 0 Å². The van der Waals surface area contributed by atoms with Crippen molar-refractivity contribution < 1.29 is 71.7 Å². The molecule has 0 saturated heterocycles. The fourth-order valence-corrected chi connectivity index (χ4v) is 2.72. The molecule has 0 heterocycles. The topological polar surface area (TPSA) is 52.6 Å². The third kappa shape index (κ3) is 5.16. The number of ether oxygens (including phenoxy) is 2. The average Bonchev–Trinajstić information content (AvgIpc) is 2.65. The Labute approximate surface area is 194 Å². The third-order valence-corrected chi connectivity index (χ3v) is 4.48. The molecule has 0 atom stereocenters. The molecule has 0 aliphatic rings. The monoisotopic (exact) mass is 546 g/mol. The lowest BCUT2D eigenvalue weighted by Crippen LogP contribution is -2.58. The first-order valence-corrected chi connectivity index (χ1v) is 9.02. The maximum Gasteiger partial charge on any atom is 0.442 e. The van der Waals surface area contributed by atoms with Crippen LogP contribution in [0.25, 0.3) is 0 Å². The van der Waals surface area contributed by atoms with E-state index in [1.54, 1.807) is 0 Å². The Bertz CT molecular complexity index is 916. The van der Waals surface area contributed by atoms with E-state index in [4.69, 9.17) is 0 Å². The van der Waals surface area contributed by atoms with Gasteiger partial charge in [0, 0.05) is 22.3 Å². The summed E-state index contributed by atoms with van der Waals surface area (Å²) in [5.41, 5.74) is -17.1. The zero-order valence-electron chi connectivity index (χ0n) is 17.9. The summed E-state index contributed by atoms with van der Waals surface area (Å²) in [5, 5.41) is 0. The van der Waals surface area contributed by atoms with Crippen molar-refractivity contribution in [2.75, 3.05) is 0 Å². The molecule has 4 nitrogen and oxygen atoms in total. The lowest BCUT2D eigenvalue weighted by molar-refractivity contribution is -0.378. The van der Waals surface area contributed by atoms with Gasteiger partial charge in [-0.15, -0.1) is 0 Å². The van der Waals surface area contributed by atoms with Crippen LogP contribution in [0.1, 0.15) is 25.0 Å². The fourth-order valence-electron chi connectivity index (χ4n) is 2.72. The van der Waals surface area contributed by atoms with Crippen LogP contribution in [0.3, 0.4) is 0 Å². The van der Waals surface area contributed by atoms with Crippen LogP contribution in [0.4, 0.5) is 52.7 Å². The molecule has 0 aromatic heterocycles. The van der Waals surface area contributed by atoms with E-state index in [2.05, 4.69) is 22.6 Å².